The van der Waals surface area contributed by atoms with Crippen LogP contribution in [0.15, 0.2) is 23.1 Å². The van der Waals surface area contributed by atoms with Crippen molar-refractivity contribution in [1.29, 1.82) is 0 Å². The van der Waals surface area contributed by atoms with E-state index in [0.717, 1.165) is 6.07 Å². The van der Waals surface area contributed by atoms with Gasteiger partial charge in [0.1, 0.15) is 4.90 Å². The third kappa shape index (κ3) is 3.43. The van der Waals surface area contributed by atoms with Crippen LogP contribution in [0.2, 0.25) is 0 Å². The maximum Gasteiger partial charge on any atom is 0.335 e. The minimum Gasteiger partial charge on any atom is -0.478 e. The molecule has 17 heavy (non-hydrogen) atoms. The van der Waals surface area contributed by atoms with Gasteiger partial charge >= 0.3 is 5.97 Å². The Kier molecular flexibility index (Phi) is 3.74. The first-order valence-corrected chi connectivity index (χ1v) is 6.43. The highest BCUT2D eigenvalue weighted by Crippen LogP contribution is 2.22. The van der Waals surface area contributed by atoms with Gasteiger partial charge in [0.05, 0.1) is 11.3 Å². The number of rotatable bonds is 4. The van der Waals surface area contributed by atoms with Gasteiger partial charge in [-0.05, 0) is 32.0 Å². The molecule has 1 rings (SSSR count). The molecule has 0 fully saturated rings. The molecule has 0 aromatic heterocycles. The quantitative estimate of drug-likeness (QED) is 0.741. The second-order valence-corrected chi connectivity index (χ2v) is 5.39. The first-order valence-electron chi connectivity index (χ1n) is 4.88. The summed E-state index contributed by atoms with van der Waals surface area (Å²) in [5.41, 5.74) is 0.177. The number of aromatic carboxylic acids is 1. The molecule has 7 heteroatoms. The Balaban J connectivity index is 3.37. The summed E-state index contributed by atoms with van der Waals surface area (Å²) < 4.78 is 22.7. The third-order valence-electron chi connectivity index (χ3n) is 1.98. The molecule has 6 nitrogen and oxygen atoms in total. The average molecular weight is 258 g/mol. The molecule has 0 heterocycles. The first-order chi connectivity index (χ1) is 7.71. The minimum absolute atomic E-state index is 0.00572. The van der Waals surface area contributed by atoms with Gasteiger partial charge in [-0.25, -0.2) is 18.4 Å². The predicted molar refractivity (Wildman–Crippen MR) is 63.5 cm³/mol. The Labute approximate surface area is 99.5 Å². The van der Waals surface area contributed by atoms with Gasteiger partial charge in [-0.2, -0.15) is 0 Å². The zero-order valence-corrected chi connectivity index (χ0v) is 10.3. The van der Waals surface area contributed by atoms with Crippen LogP contribution < -0.4 is 10.5 Å². The molecule has 0 saturated carbocycles. The van der Waals surface area contributed by atoms with Gasteiger partial charge in [0, 0.05) is 6.04 Å². The standard InChI is InChI=1S/C10H14N2O4S/c1-6(2)12-8-4-3-7(10(13)14)5-9(8)17(11,15)16/h3-6,12H,1-2H3,(H,13,14)(H2,11,15,16). The van der Waals surface area contributed by atoms with Crippen LogP contribution in [0, 0.1) is 0 Å². The van der Waals surface area contributed by atoms with Crippen molar-refractivity contribution in [3.05, 3.63) is 23.8 Å². The highest BCUT2D eigenvalue weighted by Gasteiger charge is 2.17. The maximum atomic E-state index is 11.4. The van der Waals surface area contributed by atoms with E-state index in [4.69, 9.17) is 10.2 Å². The largest absolute Gasteiger partial charge is 0.478 e. The van der Waals surface area contributed by atoms with Crippen LogP contribution >= 0.6 is 0 Å². The second-order valence-electron chi connectivity index (χ2n) is 3.86. The van der Waals surface area contributed by atoms with Gasteiger partial charge in [0.2, 0.25) is 10.0 Å². The van der Waals surface area contributed by atoms with E-state index in [-0.39, 0.29) is 16.5 Å². The molecule has 0 unspecified atom stereocenters. The van der Waals surface area contributed by atoms with E-state index < -0.39 is 16.0 Å². The summed E-state index contributed by atoms with van der Waals surface area (Å²) in [5, 5.41) is 16.7. The molecule has 0 aliphatic heterocycles. The number of carboxylic acid groups (broad SMARTS) is 1. The second kappa shape index (κ2) is 4.72. The molecule has 0 spiro atoms. The number of benzene rings is 1. The number of hydrogen-bond donors (Lipinski definition) is 3. The predicted octanol–water partition coefficient (Wildman–Crippen LogP) is 0.853. The molecule has 0 atom stereocenters. The summed E-state index contributed by atoms with van der Waals surface area (Å²) in [6, 6.07) is 3.76. The van der Waals surface area contributed by atoms with Gasteiger partial charge < -0.3 is 10.4 Å². The molecular formula is C10H14N2O4S. The lowest BCUT2D eigenvalue weighted by Gasteiger charge is -2.14. The zero-order valence-electron chi connectivity index (χ0n) is 9.47. The number of hydrogen-bond acceptors (Lipinski definition) is 4. The molecule has 0 radical (unpaired) electrons. The van der Waals surface area contributed by atoms with Crippen molar-refractivity contribution in [3.8, 4) is 0 Å². The van der Waals surface area contributed by atoms with Crippen molar-refractivity contribution >= 4 is 21.7 Å². The normalized spacial score (nSPS) is 11.5. The number of sulfonamides is 1. The Morgan fingerprint density at radius 3 is 2.41 bits per heavy atom. The van der Waals surface area contributed by atoms with Crippen molar-refractivity contribution in [2.24, 2.45) is 5.14 Å². The van der Waals surface area contributed by atoms with E-state index in [1.807, 2.05) is 13.8 Å². The van der Waals surface area contributed by atoms with Crippen molar-refractivity contribution in [2.75, 3.05) is 5.32 Å². The van der Waals surface area contributed by atoms with E-state index in [9.17, 15) is 13.2 Å². The van der Waals surface area contributed by atoms with Crippen LogP contribution in [-0.4, -0.2) is 25.5 Å². The molecule has 0 saturated heterocycles. The molecule has 0 aliphatic carbocycles. The van der Waals surface area contributed by atoms with Crippen LogP contribution in [0.25, 0.3) is 0 Å². The molecular weight excluding hydrogens is 244 g/mol. The summed E-state index contributed by atoms with van der Waals surface area (Å²) in [4.78, 5) is 10.5. The number of nitrogens with one attached hydrogen (secondary N) is 1. The highest BCUT2D eigenvalue weighted by atomic mass is 32.2. The van der Waals surface area contributed by atoms with Crippen molar-refractivity contribution < 1.29 is 18.3 Å². The average Bonchev–Trinajstić information content (AvgIpc) is 2.15. The Hall–Kier alpha value is -1.60. The Morgan fingerprint density at radius 1 is 1.41 bits per heavy atom. The van der Waals surface area contributed by atoms with Crippen LogP contribution in [0.4, 0.5) is 5.69 Å². The first kappa shape index (κ1) is 13.5. The van der Waals surface area contributed by atoms with Crippen molar-refractivity contribution in [1.82, 2.24) is 0 Å². The monoisotopic (exact) mass is 258 g/mol. The third-order valence-corrected chi connectivity index (χ3v) is 2.93. The number of nitrogens with two attached hydrogens (primary N) is 1. The summed E-state index contributed by atoms with van der Waals surface area (Å²) in [7, 11) is -3.96. The zero-order chi connectivity index (χ0) is 13.2. The minimum atomic E-state index is -3.96. The number of carbonyl (C=O) groups is 1. The summed E-state index contributed by atoms with van der Waals surface area (Å²) >= 11 is 0. The van der Waals surface area contributed by atoms with E-state index in [2.05, 4.69) is 5.32 Å². The molecule has 0 aliphatic rings. The van der Waals surface area contributed by atoms with Gasteiger partial charge in [-0.15, -0.1) is 0 Å². The molecule has 94 valence electrons. The van der Waals surface area contributed by atoms with Crippen molar-refractivity contribution in [3.63, 3.8) is 0 Å². The molecule has 1 aromatic carbocycles. The molecule has 4 N–H and O–H groups in total. The van der Waals surface area contributed by atoms with E-state index >= 15 is 0 Å². The van der Waals surface area contributed by atoms with Gasteiger partial charge in [0.15, 0.2) is 0 Å². The van der Waals surface area contributed by atoms with Crippen LogP contribution in [0.1, 0.15) is 24.2 Å². The molecule has 0 amide bonds. The van der Waals surface area contributed by atoms with E-state index in [1.54, 1.807) is 0 Å². The fourth-order valence-corrected chi connectivity index (χ4v) is 2.05. The van der Waals surface area contributed by atoms with E-state index in [1.165, 1.54) is 12.1 Å². The Bertz CT molecular complexity index is 537. The smallest absolute Gasteiger partial charge is 0.335 e. The fraction of sp³-hybridized carbons (Fsp3) is 0.300. The lowest BCUT2D eigenvalue weighted by molar-refractivity contribution is 0.0696. The van der Waals surface area contributed by atoms with Gasteiger partial charge in [-0.1, -0.05) is 0 Å². The summed E-state index contributed by atoms with van der Waals surface area (Å²) in [6.07, 6.45) is 0. The molecule has 0 bridgehead atoms. The SMILES string of the molecule is CC(C)Nc1ccc(C(=O)O)cc1S(N)(=O)=O. The number of carboxylic acids is 1. The summed E-state index contributed by atoms with van der Waals surface area (Å²) in [6.45, 7) is 3.66. The highest BCUT2D eigenvalue weighted by molar-refractivity contribution is 7.89. The summed E-state index contributed by atoms with van der Waals surface area (Å²) in [5.74, 6) is -1.20. The van der Waals surface area contributed by atoms with Crippen LogP contribution in [0.3, 0.4) is 0 Å². The lowest BCUT2D eigenvalue weighted by Crippen LogP contribution is -2.18. The van der Waals surface area contributed by atoms with Crippen LogP contribution in [-0.2, 0) is 10.0 Å². The Morgan fingerprint density at radius 2 is 2.00 bits per heavy atom. The molecule has 1 aromatic rings. The van der Waals surface area contributed by atoms with Crippen molar-refractivity contribution in [2.45, 2.75) is 24.8 Å². The van der Waals surface area contributed by atoms with E-state index in [0.29, 0.717) is 5.69 Å². The maximum absolute atomic E-state index is 11.4. The van der Waals surface area contributed by atoms with Gasteiger partial charge in [0.25, 0.3) is 0 Å². The number of primary sulfonamides is 1. The lowest BCUT2D eigenvalue weighted by atomic mass is 10.2. The number of anilines is 1. The van der Waals surface area contributed by atoms with Gasteiger partial charge in [-0.3, -0.25) is 0 Å². The topological polar surface area (TPSA) is 109 Å². The fourth-order valence-electron chi connectivity index (χ4n) is 1.32. The van der Waals surface area contributed by atoms with Crippen LogP contribution in [0.5, 0.6) is 0 Å².